The second kappa shape index (κ2) is 9.81. The predicted molar refractivity (Wildman–Crippen MR) is 126 cm³/mol. The van der Waals surface area contributed by atoms with Gasteiger partial charge in [0.2, 0.25) is 0 Å². The van der Waals surface area contributed by atoms with Crippen LogP contribution in [0.5, 0.6) is 0 Å². The first-order valence-electron chi connectivity index (χ1n) is 11.1. The number of hydrogen-bond acceptors (Lipinski definition) is 7. The molecule has 1 fully saturated rings. The molecule has 3 aromatic rings. The number of nitriles is 1. The molecule has 34 heavy (non-hydrogen) atoms. The summed E-state index contributed by atoms with van der Waals surface area (Å²) < 4.78 is 17.8. The van der Waals surface area contributed by atoms with E-state index in [9.17, 15) is 14.9 Å². The molecule has 2 aromatic carbocycles. The lowest BCUT2D eigenvalue weighted by atomic mass is 10.0. The number of rotatable bonds is 6. The number of carbonyl (C=O) groups is 1. The van der Waals surface area contributed by atoms with E-state index in [1.165, 1.54) is 4.57 Å². The summed E-state index contributed by atoms with van der Waals surface area (Å²) in [4.78, 5) is 24.4. The number of ether oxygens (including phenoxy) is 2. The fraction of sp³-hybridized carbons (Fsp3) is 0.400. The van der Waals surface area contributed by atoms with Crippen molar-refractivity contribution in [2.24, 2.45) is 7.05 Å². The molecule has 4 rings (SSSR count). The monoisotopic (exact) mass is 464 g/mol. The van der Waals surface area contributed by atoms with Gasteiger partial charge in [-0.2, -0.15) is 5.26 Å². The second-order valence-electron chi connectivity index (χ2n) is 8.79. The van der Waals surface area contributed by atoms with E-state index in [1.807, 2.05) is 43.3 Å². The summed E-state index contributed by atoms with van der Waals surface area (Å²) in [6.07, 6.45) is -0.322. The molecule has 2 unspecified atom stereocenters. The highest BCUT2D eigenvalue weighted by molar-refractivity contribution is 5.82. The third kappa shape index (κ3) is 5.04. The van der Waals surface area contributed by atoms with Gasteiger partial charge >= 0.3 is 5.76 Å². The third-order valence-electron chi connectivity index (χ3n) is 6.19. The third-order valence-corrected chi connectivity index (χ3v) is 6.19. The molecule has 0 saturated carbocycles. The normalized spacial score (nSPS) is 21.5. The van der Waals surface area contributed by atoms with Crippen molar-refractivity contribution in [3.63, 3.8) is 0 Å². The molecule has 1 aliphatic heterocycles. The summed E-state index contributed by atoms with van der Waals surface area (Å²) in [5.74, 6) is -0.722. The van der Waals surface area contributed by atoms with Gasteiger partial charge in [0.15, 0.2) is 5.58 Å². The first-order valence-corrected chi connectivity index (χ1v) is 11.1. The molecule has 1 saturated heterocycles. The van der Waals surface area contributed by atoms with Gasteiger partial charge < -0.3 is 24.5 Å². The van der Waals surface area contributed by atoms with E-state index in [-0.39, 0.29) is 12.5 Å². The molecule has 9 heteroatoms. The lowest BCUT2D eigenvalue weighted by molar-refractivity contribution is -0.136. The molecule has 2 heterocycles. The molecule has 2 N–H and O–H groups in total. The number of nitrogens with one attached hydrogen (secondary N) is 2. The number of nitrogens with zero attached hydrogens (tertiary/aromatic N) is 2. The number of aryl methyl sites for hydroxylation is 1. The SMILES string of the molecule is COC1(C)CNCC(C(=O)N[C@H](C#N)Cc2ccc(-c3ccc4oc(=O)n(C)c4c3)cc2)OC1. The van der Waals surface area contributed by atoms with Crippen LogP contribution in [0.3, 0.4) is 0 Å². The van der Waals surface area contributed by atoms with Crippen molar-refractivity contribution in [2.75, 3.05) is 26.8 Å². The summed E-state index contributed by atoms with van der Waals surface area (Å²) in [5, 5.41) is 15.6. The Morgan fingerprint density at radius 3 is 2.76 bits per heavy atom. The van der Waals surface area contributed by atoms with Crippen LogP contribution in [-0.2, 0) is 27.7 Å². The van der Waals surface area contributed by atoms with Crippen LogP contribution in [0.2, 0.25) is 0 Å². The van der Waals surface area contributed by atoms with Crippen LogP contribution in [-0.4, -0.2) is 55.0 Å². The average Bonchev–Trinajstić information content (AvgIpc) is 3.00. The molecule has 1 aliphatic rings. The Bertz CT molecular complexity index is 1270. The van der Waals surface area contributed by atoms with Crippen molar-refractivity contribution in [3.05, 3.63) is 58.6 Å². The molecule has 0 bridgehead atoms. The van der Waals surface area contributed by atoms with E-state index in [1.54, 1.807) is 20.2 Å². The maximum Gasteiger partial charge on any atom is 0.419 e. The van der Waals surface area contributed by atoms with Crippen LogP contribution in [0.15, 0.2) is 51.7 Å². The minimum absolute atomic E-state index is 0.284. The Morgan fingerprint density at radius 1 is 1.32 bits per heavy atom. The first-order chi connectivity index (χ1) is 16.3. The van der Waals surface area contributed by atoms with Gasteiger partial charge in [-0.25, -0.2) is 4.79 Å². The summed E-state index contributed by atoms with van der Waals surface area (Å²) in [6, 6.07) is 14.8. The van der Waals surface area contributed by atoms with Crippen LogP contribution in [0.25, 0.3) is 22.2 Å². The van der Waals surface area contributed by atoms with Gasteiger partial charge in [0.05, 0.1) is 18.2 Å². The maximum absolute atomic E-state index is 12.7. The fourth-order valence-electron chi connectivity index (χ4n) is 3.92. The Morgan fingerprint density at radius 2 is 2.06 bits per heavy atom. The number of amides is 1. The van der Waals surface area contributed by atoms with Crippen molar-refractivity contribution in [2.45, 2.75) is 31.1 Å². The smallest absolute Gasteiger partial charge is 0.408 e. The zero-order valence-corrected chi connectivity index (χ0v) is 19.5. The lowest BCUT2D eigenvalue weighted by Crippen LogP contribution is -2.46. The lowest BCUT2D eigenvalue weighted by Gasteiger charge is -2.25. The number of benzene rings is 2. The standard InChI is InChI=1S/C25H28N4O5/c1-25(32-3)14-27-13-22(33-15-25)23(30)28-19(12-26)10-16-4-6-17(7-5-16)18-8-9-21-20(11-18)29(2)24(31)34-21/h4-9,11,19,22,27H,10,13-15H2,1-3H3,(H,28,30)/t19-,22?,25?/m0/s1. The molecule has 1 amide bonds. The van der Waals surface area contributed by atoms with Crippen LogP contribution in [0.4, 0.5) is 0 Å². The van der Waals surface area contributed by atoms with Gasteiger partial charge in [-0.05, 0) is 35.7 Å². The van der Waals surface area contributed by atoms with Crippen molar-refractivity contribution < 1.29 is 18.7 Å². The molecule has 178 valence electrons. The zero-order valence-electron chi connectivity index (χ0n) is 19.5. The molecule has 0 aliphatic carbocycles. The number of methoxy groups -OCH3 is 1. The second-order valence-corrected chi connectivity index (χ2v) is 8.79. The van der Waals surface area contributed by atoms with E-state index in [4.69, 9.17) is 13.9 Å². The van der Waals surface area contributed by atoms with Gasteiger partial charge in [0.25, 0.3) is 5.91 Å². The van der Waals surface area contributed by atoms with Gasteiger partial charge in [-0.15, -0.1) is 0 Å². The van der Waals surface area contributed by atoms with Gasteiger partial charge in [0.1, 0.15) is 17.7 Å². The zero-order chi connectivity index (χ0) is 24.3. The quantitative estimate of drug-likeness (QED) is 0.570. The van der Waals surface area contributed by atoms with Crippen LogP contribution in [0, 0.1) is 11.3 Å². The highest BCUT2D eigenvalue weighted by atomic mass is 16.5. The first kappa shape index (κ1) is 23.7. The molecule has 9 nitrogen and oxygen atoms in total. The fourth-order valence-corrected chi connectivity index (χ4v) is 3.92. The van der Waals surface area contributed by atoms with E-state index >= 15 is 0 Å². The Balaban J connectivity index is 1.40. The van der Waals surface area contributed by atoms with Crippen LogP contribution in [0.1, 0.15) is 12.5 Å². The number of oxazole rings is 1. The molecule has 0 radical (unpaired) electrons. The summed E-state index contributed by atoms with van der Waals surface area (Å²) in [6.45, 7) is 3.12. The minimum Gasteiger partial charge on any atom is -0.408 e. The minimum atomic E-state index is -0.691. The molecular formula is C25H28N4O5. The van der Waals surface area contributed by atoms with E-state index in [2.05, 4.69) is 16.7 Å². The van der Waals surface area contributed by atoms with Gasteiger partial charge in [-0.1, -0.05) is 30.3 Å². The Hall–Kier alpha value is -3.45. The van der Waals surface area contributed by atoms with E-state index in [0.29, 0.717) is 25.1 Å². The van der Waals surface area contributed by atoms with Crippen LogP contribution >= 0.6 is 0 Å². The Labute approximate surface area is 197 Å². The molecular weight excluding hydrogens is 436 g/mol. The largest absolute Gasteiger partial charge is 0.419 e. The number of aromatic nitrogens is 1. The summed E-state index contributed by atoms with van der Waals surface area (Å²) in [5.41, 5.74) is 3.60. The van der Waals surface area contributed by atoms with Crippen molar-refractivity contribution in [1.29, 1.82) is 5.26 Å². The van der Waals surface area contributed by atoms with E-state index < -0.39 is 23.5 Å². The highest BCUT2D eigenvalue weighted by Gasteiger charge is 2.32. The number of carbonyl (C=O) groups excluding carboxylic acids is 1. The van der Waals surface area contributed by atoms with Crippen LogP contribution < -0.4 is 16.4 Å². The topological polar surface area (TPSA) is 119 Å². The van der Waals surface area contributed by atoms with Crippen molar-refractivity contribution >= 4 is 17.0 Å². The molecule has 1 aromatic heterocycles. The van der Waals surface area contributed by atoms with Crippen molar-refractivity contribution in [1.82, 2.24) is 15.2 Å². The highest BCUT2D eigenvalue weighted by Crippen LogP contribution is 2.24. The predicted octanol–water partition coefficient (Wildman–Crippen LogP) is 1.74. The molecule has 0 spiro atoms. The molecule has 3 atom stereocenters. The maximum atomic E-state index is 12.7. The number of fused-ring (bicyclic) bond motifs is 1. The Kier molecular flexibility index (Phi) is 6.84. The van der Waals surface area contributed by atoms with Gasteiger partial charge in [0, 0.05) is 33.7 Å². The van der Waals surface area contributed by atoms with Crippen molar-refractivity contribution in [3.8, 4) is 17.2 Å². The van der Waals surface area contributed by atoms with E-state index in [0.717, 1.165) is 22.2 Å². The van der Waals surface area contributed by atoms with Gasteiger partial charge in [-0.3, -0.25) is 9.36 Å². The summed E-state index contributed by atoms with van der Waals surface area (Å²) >= 11 is 0. The average molecular weight is 465 g/mol. The summed E-state index contributed by atoms with van der Waals surface area (Å²) in [7, 11) is 3.28. The number of hydrogen-bond donors (Lipinski definition) is 2.